The minimum absolute atomic E-state index is 0.0570. The van der Waals surface area contributed by atoms with Crippen LogP contribution in [-0.4, -0.2) is 34.4 Å². The monoisotopic (exact) mass is 336 g/mol. The van der Waals surface area contributed by atoms with Crippen molar-refractivity contribution in [3.63, 3.8) is 0 Å². The van der Waals surface area contributed by atoms with Gasteiger partial charge in [0.25, 0.3) is 0 Å². The van der Waals surface area contributed by atoms with Crippen molar-refractivity contribution >= 4 is 11.9 Å². The van der Waals surface area contributed by atoms with Gasteiger partial charge in [0.2, 0.25) is 0 Å². The van der Waals surface area contributed by atoms with E-state index in [1.807, 2.05) is 13.0 Å². The molecule has 134 valence electrons. The summed E-state index contributed by atoms with van der Waals surface area (Å²) in [7, 11) is 0. The fraction of sp³-hybridized carbons (Fsp3) is 0.579. The highest BCUT2D eigenvalue weighted by Gasteiger charge is 2.30. The van der Waals surface area contributed by atoms with Crippen LogP contribution in [0.3, 0.4) is 0 Å². The summed E-state index contributed by atoms with van der Waals surface area (Å²) in [5, 5.41) is 18.8. The molecule has 1 unspecified atom stereocenters. The molecule has 1 aliphatic rings. The molecule has 5 nitrogen and oxygen atoms in total. The molecule has 0 aromatic rings. The van der Waals surface area contributed by atoms with Crippen LogP contribution in [0.4, 0.5) is 0 Å². The number of carbonyl (C=O) groups is 2. The average molecular weight is 336 g/mol. The van der Waals surface area contributed by atoms with Crippen molar-refractivity contribution in [2.24, 2.45) is 5.92 Å². The van der Waals surface area contributed by atoms with Crippen LogP contribution < -0.4 is 0 Å². The Bertz CT molecular complexity index is 530. The van der Waals surface area contributed by atoms with Crippen LogP contribution in [0.5, 0.6) is 0 Å². The largest absolute Gasteiger partial charge is 0.478 e. The number of hydrogen-bond acceptors (Lipinski definition) is 4. The van der Waals surface area contributed by atoms with Gasteiger partial charge < -0.3 is 14.9 Å². The number of ether oxygens (including phenoxy) is 1. The van der Waals surface area contributed by atoms with Crippen molar-refractivity contribution in [1.82, 2.24) is 0 Å². The second kappa shape index (κ2) is 10.1. The first-order chi connectivity index (χ1) is 11.3. The fourth-order valence-electron chi connectivity index (χ4n) is 2.76. The van der Waals surface area contributed by atoms with E-state index in [-0.39, 0.29) is 5.57 Å². The molecule has 2 N–H and O–H groups in total. The van der Waals surface area contributed by atoms with Gasteiger partial charge in [-0.05, 0) is 37.0 Å². The number of hydrogen-bond donors (Lipinski definition) is 2. The van der Waals surface area contributed by atoms with E-state index in [0.717, 1.165) is 30.6 Å². The summed E-state index contributed by atoms with van der Waals surface area (Å²) in [6.45, 7) is 6.14. The summed E-state index contributed by atoms with van der Waals surface area (Å²) in [6, 6.07) is 0. The van der Waals surface area contributed by atoms with Gasteiger partial charge in [-0.15, -0.1) is 0 Å². The van der Waals surface area contributed by atoms with E-state index in [9.17, 15) is 14.7 Å². The highest BCUT2D eigenvalue weighted by molar-refractivity contribution is 5.94. The van der Waals surface area contributed by atoms with Crippen LogP contribution in [0, 0.1) is 5.92 Å². The fourth-order valence-corrected chi connectivity index (χ4v) is 2.76. The number of aliphatic hydroxyl groups excluding tert-OH is 1. The van der Waals surface area contributed by atoms with Crippen molar-refractivity contribution in [2.45, 2.75) is 65.1 Å². The topological polar surface area (TPSA) is 83.8 Å². The molecule has 0 amide bonds. The third-order valence-corrected chi connectivity index (χ3v) is 4.04. The van der Waals surface area contributed by atoms with Gasteiger partial charge in [-0.2, -0.15) is 0 Å². The van der Waals surface area contributed by atoms with Gasteiger partial charge in [0.1, 0.15) is 6.10 Å². The number of rotatable bonds is 9. The van der Waals surface area contributed by atoms with Gasteiger partial charge in [0, 0.05) is 6.08 Å². The zero-order valence-corrected chi connectivity index (χ0v) is 14.7. The molecule has 5 heteroatoms. The third-order valence-electron chi connectivity index (χ3n) is 4.04. The lowest BCUT2D eigenvalue weighted by Crippen LogP contribution is -2.36. The zero-order chi connectivity index (χ0) is 18.1. The molecule has 3 atom stereocenters. The van der Waals surface area contributed by atoms with Crippen LogP contribution in [-0.2, 0) is 14.3 Å². The normalized spacial score (nSPS) is 23.1. The molecule has 0 saturated heterocycles. The summed E-state index contributed by atoms with van der Waals surface area (Å²) in [5.74, 6) is -1.43. The number of aliphatic carboxylic acids is 1. The maximum atomic E-state index is 11.9. The predicted octanol–water partition coefficient (Wildman–Crippen LogP) is 3.39. The second-order valence-electron chi connectivity index (χ2n) is 6.35. The number of carboxylic acids is 1. The first-order valence-electron chi connectivity index (χ1n) is 8.55. The summed E-state index contributed by atoms with van der Waals surface area (Å²) in [4.78, 5) is 22.4. The Morgan fingerprint density at radius 3 is 2.71 bits per heavy atom. The number of allylic oxidation sites excluding steroid dienone is 1. The molecule has 24 heavy (non-hydrogen) atoms. The Labute approximate surface area is 143 Å². The molecule has 0 saturated carbocycles. The van der Waals surface area contributed by atoms with Crippen molar-refractivity contribution in [2.75, 3.05) is 0 Å². The van der Waals surface area contributed by atoms with E-state index in [1.165, 1.54) is 25.3 Å². The Balaban J connectivity index is 2.68. The number of aliphatic hydroxyl groups is 1. The molecule has 0 spiro atoms. The van der Waals surface area contributed by atoms with Crippen LogP contribution in [0.2, 0.25) is 0 Å². The molecule has 0 aromatic carbocycles. The molecule has 0 fully saturated rings. The number of cyclic esters (lactones) is 1. The van der Waals surface area contributed by atoms with E-state index >= 15 is 0 Å². The number of carboxylic acid groups (broad SMARTS) is 1. The highest BCUT2D eigenvalue weighted by Crippen LogP contribution is 2.23. The van der Waals surface area contributed by atoms with Crippen molar-refractivity contribution in [1.29, 1.82) is 0 Å². The lowest BCUT2D eigenvalue weighted by atomic mass is 9.95. The lowest BCUT2D eigenvalue weighted by Gasteiger charge is -2.27. The van der Waals surface area contributed by atoms with Crippen LogP contribution in [0.15, 0.2) is 35.5 Å². The van der Waals surface area contributed by atoms with Gasteiger partial charge >= 0.3 is 11.9 Å². The summed E-state index contributed by atoms with van der Waals surface area (Å²) in [6.07, 6.45) is 9.59. The smallest absolute Gasteiger partial charge is 0.338 e. The molecule has 0 aromatic heterocycles. The van der Waals surface area contributed by atoms with Gasteiger partial charge in [0.05, 0.1) is 5.57 Å². The zero-order valence-electron chi connectivity index (χ0n) is 14.7. The highest BCUT2D eigenvalue weighted by atomic mass is 16.6. The van der Waals surface area contributed by atoms with Crippen molar-refractivity contribution in [3.8, 4) is 0 Å². The minimum Gasteiger partial charge on any atom is -0.478 e. The van der Waals surface area contributed by atoms with Crippen molar-refractivity contribution < 1.29 is 24.5 Å². The molecule has 0 aliphatic carbocycles. The van der Waals surface area contributed by atoms with Gasteiger partial charge in [-0.1, -0.05) is 45.6 Å². The van der Waals surface area contributed by atoms with Crippen LogP contribution >= 0.6 is 0 Å². The Morgan fingerprint density at radius 1 is 1.38 bits per heavy atom. The molecule has 1 heterocycles. The van der Waals surface area contributed by atoms with E-state index in [1.54, 1.807) is 0 Å². The number of unbranched alkanes of at least 4 members (excludes halogenated alkanes) is 3. The lowest BCUT2D eigenvalue weighted by molar-refractivity contribution is -0.147. The predicted molar refractivity (Wildman–Crippen MR) is 92.4 cm³/mol. The van der Waals surface area contributed by atoms with E-state index < -0.39 is 24.1 Å². The standard InChI is InChI=1S/C19H28O5/c1-4-5-6-7-8-13(2)11-14(3)18-16(20)12-15(19(23)24-18)9-10-17(21)22/h9-13,16,18,20H,4-8H2,1-3H3,(H,21,22)/b10-9+,14-11+/t13?,16-,18+/m0/s1. The molecule has 1 aliphatic heterocycles. The molecule has 1 rings (SSSR count). The summed E-state index contributed by atoms with van der Waals surface area (Å²) in [5.41, 5.74) is 0.873. The van der Waals surface area contributed by atoms with E-state index in [2.05, 4.69) is 13.8 Å². The number of esters is 1. The van der Waals surface area contributed by atoms with E-state index in [0.29, 0.717) is 5.92 Å². The Morgan fingerprint density at radius 2 is 2.08 bits per heavy atom. The molecular formula is C19H28O5. The Kier molecular flexibility index (Phi) is 8.47. The van der Waals surface area contributed by atoms with Crippen LogP contribution in [0.1, 0.15) is 52.9 Å². The second-order valence-corrected chi connectivity index (χ2v) is 6.35. The minimum atomic E-state index is -1.16. The van der Waals surface area contributed by atoms with Gasteiger partial charge in [-0.25, -0.2) is 9.59 Å². The SMILES string of the molecule is CCCCCCC(C)/C=C(\C)[C@H]1OC(=O)C(/C=C/C(=O)O)=C[C@@H]1O. The van der Waals surface area contributed by atoms with Gasteiger partial charge in [0.15, 0.2) is 6.10 Å². The molecule has 0 radical (unpaired) electrons. The number of carbonyl (C=O) groups excluding carboxylic acids is 1. The first-order valence-corrected chi connectivity index (χ1v) is 8.55. The van der Waals surface area contributed by atoms with Gasteiger partial charge in [-0.3, -0.25) is 0 Å². The third kappa shape index (κ3) is 6.71. The summed E-state index contributed by atoms with van der Waals surface area (Å²) < 4.78 is 5.28. The molecule has 0 bridgehead atoms. The van der Waals surface area contributed by atoms with E-state index in [4.69, 9.17) is 9.84 Å². The maximum Gasteiger partial charge on any atom is 0.338 e. The summed E-state index contributed by atoms with van der Waals surface area (Å²) >= 11 is 0. The Hall–Kier alpha value is -1.88. The average Bonchev–Trinajstić information content (AvgIpc) is 2.51. The maximum absolute atomic E-state index is 11.9. The quantitative estimate of drug-likeness (QED) is 0.292. The first kappa shape index (κ1) is 20.2. The van der Waals surface area contributed by atoms with Crippen LogP contribution in [0.25, 0.3) is 0 Å². The molecular weight excluding hydrogens is 308 g/mol. The van der Waals surface area contributed by atoms with Crippen molar-refractivity contribution in [3.05, 3.63) is 35.5 Å².